The molecule has 10 nitrogen and oxygen atoms in total. The number of nitrogens with one attached hydrogen (secondary N) is 2. The molecule has 0 saturated carbocycles. The van der Waals surface area contributed by atoms with E-state index in [1.54, 1.807) is 43.3 Å². The van der Waals surface area contributed by atoms with Crippen molar-refractivity contribution in [3.8, 4) is 17.4 Å². The van der Waals surface area contributed by atoms with Gasteiger partial charge in [-0.2, -0.15) is 5.26 Å². The molecule has 0 fully saturated rings. The molecule has 2 atom stereocenters. The molecule has 4 rings (SSSR count). The first kappa shape index (κ1) is 27.2. The Labute approximate surface area is 229 Å². The van der Waals surface area contributed by atoms with Gasteiger partial charge in [0.1, 0.15) is 23.7 Å². The van der Waals surface area contributed by atoms with Crippen LogP contribution in [0.1, 0.15) is 29.8 Å². The third-order valence-electron chi connectivity index (χ3n) is 5.88. The van der Waals surface area contributed by atoms with Gasteiger partial charge in [-0.25, -0.2) is 9.78 Å². The molecule has 39 heavy (non-hydrogen) atoms. The van der Waals surface area contributed by atoms with Crippen LogP contribution in [0.25, 0.3) is 11.3 Å². The fourth-order valence-corrected chi connectivity index (χ4v) is 4.14. The number of ether oxygens (including phenoxy) is 1. The molecule has 0 aliphatic carbocycles. The molecule has 2 aromatic heterocycles. The lowest BCUT2D eigenvalue weighted by atomic mass is 9.99. The molecule has 0 spiro atoms. The summed E-state index contributed by atoms with van der Waals surface area (Å²) in [4.78, 5) is 28.7. The van der Waals surface area contributed by atoms with Gasteiger partial charge in [0.15, 0.2) is 5.76 Å². The fourth-order valence-electron chi connectivity index (χ4n) is 3.85. The number of rotatable bonds is 10. The molecule has 0 bridgehead atoms. The number of halogens is 1. The Morgan fingerprint density at radius 1 is 1.13 bits per heavy atom. The number of carboxylic acids is 1. The number of carboxylic acid groups (broad SMARTS) is 1. The third-order valence-corrected chi connectivity index (χ3v) is 6.23. The zero-order valence-electron chi connectivity index (χ0n) is 20.8. The van der Waals surface area contributed by atoms with Crippen LogP contribution in [-0.4, -0.2) is 33.9 Å². The van der Waals surface area contributed by atoms with E-state index in [4.69, 9.17) is 20.9 Å². The number of pyridine rings is 1. The molecular formula is C28H24ClN5O5. The lowest BCUT2D eigenvalue weighted by Crippen LogP contribution is -2.25. The summed E-state index contributed by atoms with van der Waals surface area (Å²) < 4.78 is 10.7. The minimum absolute atomic E-state index is 0.0326. The van der Waals surface area contributed by atoms with Gasteiger partial charge in [-0.1, -0.05) is 65.3 Å². The van der Waals surface area contributed by atoms with Crippen LogP contribution in [0.15, 0.2) is 77.4 Å². The summed E-state index contributed by atoms with van der Waals surface area (Å²) in [5.41, 5.74) is 1.88. The molecule has 3 N–H and O–H groups in total. The Kier molecular flexibility index (Phi) is 8.76. The highest BCUT2D eigenvalue weighted by molar-refractivity contribution is 6.31. The summed E-state index contributed by atoms with van der Waals surface area (Å²) in [6, 6.07) is 21.5. The summed E-state index contributed by atoms with van der Waals surface area (Å²) >= 11 is 6.18. The van der Waals surface area contributed by atoms with E-state index in [1.165, 1.54) is 6.20 Å². The van der Waals surface area contributed by atoms with Gasteiger partial charge in [-0.3, -0.25) is 10.1 Å². The number of aliphatic carboxylic acids is 1. The van der Waals surface area contributed by atoms with E-state index in [0.29, 0.717) is 28.4 Å². The van der Waals surface area contributed by atoms with E-state index >= 15 is 0 Å². The van der Waals surface area contributed by atoms with Crippen LogP contribution in [0.3, 0.4) is 0 Å². The van der Waals surface area contributed by atoms with Crippen molar-refractivity contribution in [1.29, 1.82) is 5.26 Å². The van der Waals surface area contributed by atoms with Gasteiger partial charge in [-0.15, -0.1) is 0 Å². The SMILES string of the molecule is CC(OC(=O)Nc1c(C#N)noc1-c1ccc(NCC(Cc2ccccc2)C(=O)O)nc1)c1ccccc1Cl. The lowest BCUT2D eigenvalue weighted by Gasteiger charge is -2.15. The minimum Gasteiger partial charge on any atom is -0.481 e. The van der Waals surface area contributed by atoms with E-state index < -0.39 is 24.1 Å². The Bertz CT molecular complexity index is 1480. The lowest BCUT2D eigenvalue weighted by molar-refractivity contribution is -0.141. The van der Waals surface area contributed by atoms with Crippen molar-refractivity contribution in [3.63, 3.8) is 0 Å². The highest BCUT2D eigenvalue weighted by atomic mass is 35.5. The number of aromatic nitrogens is 2. The second kappa shape index (κ2) is 12.6. The Balaban J connectivity index is 1.43. The molecule has 198 valence electrons. The number of carbonyl (C=O) groups is 2. The first-order chi connectivity index (χ1) is 18.9. The van der Waals surface area contributed by atoms with E-state index in [1.807, 2.05) is 36.4 Å². The fraction of sp³-hybridized carbons (Fsp3) is 0.179. The standard InChI is InChI=1S/C28H24ClN5O5/c1-17(21-9-5-6-10-22(21)29)38-28(37)33-25-23(14-30)34-39-26(25)19-11-12-24(31-15-19)32-16-20(27(35)36)13-18-7-3-2-4-8-18/h2-12,15,17,20H,13,16H2,1H3,(H,31,32)(H,33,37)(H,35,36). The third kappa shape index (κ3) is 6.91. The summed E-state index contributed by atoms with van der Waals surface area (Å²) in [5, 5.41) is 28.8. The van der Waals surface area contributed by atoms with Crippen molar-refractivity contribution in [3.05, 3.63) is 94.8 Å². The molecule has 0 saturated heterocycles. The Morgan fingerprint density at radius 2 is 1.87 bits per heavy atom. The highest BCUT2D eigenvalue weighted by Gasteiger charge is 2.23. The second-order valence-corrected chi connectivity index (χ2v) is 8.99. The zero-order valence-corrected chi connectivity index (χ0v) is 21.6. The zero-order chi connectivity index (χ0) is 27.8. The van der Waals surface area contributed by atoms with Crippen LogP contribution < -0.4 is 10.6 Å². The molecule has 11 heteroatoms. The first-order valence-electron chi connectivity index (χ1n) is 11.9. The number of hydrogen-bond acceptors (Lipinski definition) is 8. The van der Waals surface area contributed by atoms with Crippen LogP contribution in [0.5, 0.6) is 0 Å². The van der Waals surface area contributed by atoms with Gasteiger partial charge in [0.25, 0.3) is 0 Å². The molecule has 2 aromatic carbocycles. The van der Waals surface area contributed by atoms with E-state index in [9.17, 15) is 20.0 Å². The van der Waals surface area contributed by atoms with Crippen LogP contribution in [0.2, 0.25) is 5.02 Å². The van der Waals surface area contributed by atoms with Gasteiger partial charge in [-0.05, 0) is 37.1 Å². The predicted octanol–water partition coefficient (Wildman–Crippen LogP) is 5.93. The van der Waals surface area contributed by atoms with Crippen molar-refractivity contribution < 1.29 is 24.0 Å². The molecular weight excluding hydrogens is 522 g/mol. The molecule has 0 radical (unpaired) electrons. The number of hydrogen-bond donors (Lipinski definition) is 3. The molecule has 2 heterocycles. The van der Waals surface area contributed by atoms with Crippen molar-refractivity contribution in [2.75, 3.05) is 17.2 Å². The number of anilines is 2. The van der Waals surface area contributed by atoms with E-state index in [-0.39, 0.29) is 23.7 Å². The summed E-state index contributed by atoms with van der Waals surface area (Å²) in [6.45, 7) is 1.84. The van der Waals surface area contributed by atoms with Gasteiger partial charge < -0.3 is 19.7 Å². The highest BCUT2D eigenvalue weighted by Crippen LogP contribution is 2.32. The number of benzene rings is 2. The van der Waals surface area contributed by atoms with Gasteiger partial charge in [0.2, 0.25) is 5.69 Å². The molecule has 0 aliphatic heterocycles. The van der Waals surface area contributed by atoms with Crippen molar-refractivity contribution >= 4 is 35.2 Å². The molecule has 0 aliphatic rings. The van der Waals surface area contributed by atoms with Crippen molar-refractivity contribution in [1.82, 2.24) is 10.1 Å². The number of nitriles is 1. The monoisotopic (exact) mass is 545 g/mol. The first-order valence-corrected chi connectivity index (χ1v) is 12.3. The number of carbonyl (C=O) groups excluding carboxylic acids is 1. The average Bonchev–Trinajstić information content (AvgIpc) is 3.34. The van der Waals surface area contributed by atoms with Crippen molar-refractivity contribution in [2.45, 2.75) is 19.4 Å². The molecule has 2 unspecified atom stereocenters. The van der Waals surface area contributed by atoms with Gasteiger partial charge >= 0.3 is 12.1 Å². The maximum Gasteiger partial charge on any atom is 0.412 e. The number of nitrogens with zero attached hydrogens (tertiary/aromatic N) is 3. The van der Waals surface area contributed by atoms with Crippen molar-refractivity contribution in [2.24, 2.45) is 5.92 Å². The maximum atomic E-state index is 12.6. The van der Waals surface area contributed by atoms with E-state index in [2.05, 4.69) is 20.8 Å². The predicted molar refractivity (Wildman–Crippen MR) is 144 cm³/mol. The summed E-state index contributed by atoms with van der Waals surface area (Å²) in [6.07, 6.45) is 0.347. The number of amides is 1. The normalized spacial score (nSPS) is 12.1. The Hall–Kier alpha value is -4.88. The quantitative estimate of drug-likeness (QED) is 0.220. The smallest absolute Gasteiger partial charge is 0.412 e. The molecule has 1 amide bonds. The van der Waals surface area contributed by atoms with E-state index in [0.717, 1.165) is 5.56 Å². The van der Waals surface area contributed by atoms with Crippen LogP contribution in [-0.2, 0) is 16.0 Å². The van der Waals surface area contributed by atoms with Gasteiger partial charge in [0, 0.05) is 28.9 Å². The second-order valence-electron chi connectivity index (χ2n) is 8.58. The maximum absolute atomic E-state index is 12.6. The van der Waals surface area contributed by atoms with Crippen LogP contribution in [0, 0.1) is 17.2 Å². The topological polar surface area (TPSA) is 150 Å². The summed E-state index contributed by atoms with van der Waals surface area (Å²) in [5.74, 6) is -1.02. The van der Waals surface area contributed by atoms with Crippen LogP contribution in [0.4, 0.5) is 16.3 Å². The summed E-state index contributed by atoms with van der Waals surface area (Å²) in [7, 11) is 0. The molecule has 4 aromatic rings. The largest absolute Gasteiger partial charge is 0.481 e. The minimum atomic E-state index is -0.917. The Morgan fingerprint density at radius 3 is 2.54 bits per heavy atom. The van der Waals surface area contributed by atoms with Crippen LogP contribution >= 0.6 is 11.6 Å². The average molecular weight is 546 g/mol. The van der Waals surface area contributed by atoms with Gasteiger partial charge in [0.05, 0.1) is 5.92 Å².